The van der Waals surface area contributed by atoms with Crippen molar-refractivity contribution < 1.29 is 24.1 Å². The van der Waals surface area contributed by atoms with Crippen LogP contribution in [0.25, 0.3) is 0 Å². The molecule has 0 aliphatic rings. The second-order valence-corrected chi connectivity index (χ2v) is 3.50. The van der Waals surface area contributed by atoms with Gasteiger partial charge in [0.25, 0.3) is 0 Å². The normalized spacial score (nSPS) is 10.4. The van der Waals surface area contributed by atoms with E-state index in [9.17, 15) is 4.79 Å². The predicted molar refractivity (Wildman–Crippen MR) is 66.2 cm³/mol. The molecule has 0 fully saturated rings. The molecule has 0 aromatic heterocycles. The number of carbonyl (C=O) groups is 1. The Morgan fingerprint density at radius 3 is 2.50 bits per heavy atom. The summed E-state index contributed by atoms with van der Waals surface area (Å²) in [5.41, 5.74) is 0.765. The van der Waals surface area contributed by atoms with Crippen LogP contribution in [0.15, 0.2) is 18.2 Å². The summed E-state index contributed by atoms with van der Waals surface area (Å²) in [6, 6.07) is 4.58. The molecule has 0 atom stereocenters. The Morgan fingerprint density at radius 2 is 2.00 bits per heavy atom. The summed E-state index contributed by atoms with van der Waals surface area (Å²) in [6.07, 6.45) is -0.414. The first kappa shape index (κ1) is 14.3. The zero-order chi connectivity index (χ0) is 13.5. The first-order valence-electron chi connectivity index (χ1n) is 5.33. The van der Waals surface area contributed by atoms with Gasteiger partial charge in [0.2, 0.25) is 0 Å². The van der Waals surface area contributed by atoms with E-state index in [1.807, 2.05) is 0 Å². The number of aromatic carboxylic acids is 1. The highest BCUT2D eigenvalue weighted by Crippen LogP contribution is 2.25. The fraction of sp³-hybridized carbons (Fsp3) is 0.417. The molecule has 6 heteroatoms. The van der Waals surface area contributed by atoms with E-state index in [1.54, 1.807) is 6.07 Å². The van der Waals surface area contributed by atoms with Crippen molar-refractivity contribution >= 4 is 11.7 Å². The number of hydrogen-bond acceptors (Lipinski definition) is 5. The summed E-state index contributed by atoms with van der Waals surface area (Å²) in [5.74, 6) is -0.429. The molecular weight excluding hydrogens is 238 g/mol. The Morgan fingerprint density at radius 1 is 1.33 bits per heavy atom. The lowest BCUT2D eigenvalue weighted by molar-refractivity contribution is -0.0914. The van der Waals surface area contributed by atoms with Crippen LogP contribution < -0.4 is 10.1 Å². The zero-order valence-corrected chi connectivity index (χ0v) is 10.6. The Hall–Kier alpha value is -1.79. The molecule has 100 valence electrons. The molecule has 6 nitrogen and oxygen atoms in total. The van der Waals surface area contributed by atoms with Gasteiger partial charge < -0.3 is 24.6 Å². The van der Waals surface area contributed by atoms with Gasteiger partial charge in [-0.3, -0.25) is 0 Å². The Balaban J connectivity index is 2.84. The second kappa shape index (κ2) is 6.83. The monoisotopic (exact) mass is 255 g/mol. The molecule has 0 spiro atoms. The summed E-state index contributed by atoms with van der Waals surface area (Å²) in [5, 5.41) is 11.9. The molecule has 0 unspecified atom stereocenters. The number of carboxylic acid groups (broad SMARTS) is 1. The molecule has 0 amide bonds. The third kappa shape index (κ3) is 3.61. The molecule has 1 rings (SSSR count). The van der Waals surface area contributed by atoms with Crippen LogP contribution in [0.3, 0.4) is 0 Å². The highest BCUT2D eigenvalue weighted by molar-refractivity contribution is 5.89. The topological polar surface area (TPSA) is 77.0 Å². The molecule has 0 saturated heterocycles. The van der Waals surface area contributed by atoms with Gasteiger partial charge in [-0.2, -0.15) is 0 Å². The summed E-state index contributed by atoms with van der Waals surface area (Å²) in [4.78, 5) is 10.9. The summed E-state index contributed by atoms with van der Waals surface area (Å²) in [6.45, 7) is 0.381. The van der Waals surface area contributed by atoms with Crippen molar-refractivity contribution in [1.82, 2.24) is 0 Å². The van der Waals surface area contributed by atoms with Gasteiger partial charge in [0.15, 0.2) is 6.29 Å². The van der Waals surface area contributed by atoms with Crippen LogP contribution in [0, 0.1) is 0 Å². The van der Waals surface area contributed by atoms with E-state index in [0.717, 1.165) is 0 Å². The van der Waals surface area contributed by atoms with Crippen LogP contribution in [0.5, 0.6) is 5.75 Å². The number of benzene rings is 1. The predicted octanol–water partition coefficient (Wildman–Crippen LogP) is 1.42. The van der Waals surface area contributed by atoms with Crippen molar-refractivity contribution in [2.24, 2.45) is 0 Å². The maximum Gasteiger partial charge on any atom is 0.335 e. The zero-order valence-electron chi connectivity index (χ0n) is 10.6. The minimum absolute atomic E-state index is 0.185. The van der Waals surface area contributed by atoms with Gasteiger partial charge in [0.1, 0.15) is 5.75 Å². The lowest BCUT2D eigenvalue weighted by Crippen LogP contribution is -2.23. The maximum atomic E-state index is 10.9. The van der Waals surface area contributed by atoms with Gasteiger partial charge in [-0.1, -0.05) is 0 Å². The molecule has 1 aromatic rings. The van der Waals surface area contributed by atoms with E-state index in [4.69, 9.17) is 19.3 Å². The van der Waals surface area contributed by atoms with Crippen molar-refractivity contribution in [3.05, 3.63) is 23.8 Å². The standard InChI is InChI=1S/C12H17NO5/c1-16-10-5-4-8(12(14)15)6-9(10)13-7-11(17-2)18-3/h4-6,11,13H,7H2,1-3H3,(H,14,15). The number of methoxy groups -OCH3 is 3. The minimum atomic E-state index is -0.990. The van der Waals surface area contributed by atoms with Crippen LogP contribution in [0.2, 0.25) is 0 Å². The molecule has 2 N–H and O–H groups in total. The highest BCUT2D eigenvalue weighted by Gasteiger charge is 2.11. The molecule has 0 heterocycles. The Labute approximate surface area is 105 Å². The summed E-state index contributed by atoms with van der Waals surface area (Å²) >= 11 is 0. The third-order valence-corrected chi connectivity index (χ3v) is 2.43. The highest BCUT2D eigenvalue weighted by atomic mass is 16.7. The lowest BCUT2D eigenvalue weighted by Gasteiger charge is -2.16. The molecule has 1 aromatic carbocycles. The Bertz CT molecular complexity index is 403. The van der Waals surface area contributed by atoms with E-state index in [-0.39, 0.29) is 5.56 Å². The summed E-state index contributed by atoms with van der Waals surface area (Å²) in [7, 11) is 4.58. The molecule has 18 heavy (non-hydrogen) atoms. The van der Waals surface area contributed by atoms with Crippen LogP contribution in [0.1, 0.15) is 10.4 Å². The lowest BCUT2D eigenvalue weighted by atomic mass is 10.2. The smallest absolute Gasteiger partial charge is 0.335 e. The van der Waals surface area contributed by atoms with Crippen LogP contribution in [0.4, 0.5) is 5.69 Å². The van der Waals surface area contributed by atoms with E-state index in [0.29, 0.717) is 18.0 Å². The molecule has 0 aliphatic heterocycles. The number of carboxylic acids is 1. The maximum absolute atomic E-state index is 10.9. The van der Waals surface area contributed by atoms with Gasteiger partial charge in [0, 0.05) is 14.2 Å². The SMILES string of the molecule is COc1ccc(C(=O)O)cc1NCC(OC)OC. The van der Waals surface area contributed by atoms with Crippen LogP contribution in [-0.4, -0.2) is 45.2 Å². The largest absolute Gasteiger partial charge is 0.495 e. The number of anilines is 1. The van der Waals surface area contributed by atoms with Crippen LogP contribution in [-0.2, 0) is 9.47 Å². The van der Waals surface area contributed by atoms with Crippen molar-refractivity contribution in [2.45, 2.75) is 6.29 Å². The average molecular weight is 255 g/mol. The van der Waals surface area contributed by atoms with Crippen molar-refractivity contribution in [3.63, 3.8) is 0 Å². The molecule has 0 aliphatic carbocycles. The number of nitrogens with one attached hydrogen (secondary N) is 1. The van der Waals surface area contributed by atoms with Gasteiger partial charge in [-0.15, -0.1) is 0 Å². The van der Waals surface area contributed by atoms with E-state index in [1.165, 1.54) is 33.5 Å². The minimum Gasteiger partial charge on any atom is -0.495 e. The number of hydrogen-bond donors (Lipinski definition) is 2. The summed E-state index contributed by atoms with van der Waals surface area (Å²) < 4.78 is 15.2. The first-order valence-corrected chi connectivity index (χ1v) is 5.33. The number of ether oxygens (including phenoxy) is 3. The van der Waals surface area contributed by atoms with E-state index >= 15 is 0 Å². The van der Waals surface area contributed by atoms with Crippen molar-refractivity contribution in [2.75, 3.05) is 33.2 Å². The molecule has 0 saturated carbocycles. The van der Waals surface area contributed by atoms with Crippen molar-refractivity contribution in [3.8, 4) is 5.75 Å². The third-order valence-electron chi connectivity index (χ3n) is 2.43. The van der Waals surface area contributed by atoms with Crippen LogP contribution >= 0.6 is 0 Å². The van der Waals surface area contributed by atoms with Gasteiger partial charge in [-0.25, -0.2) is 4.79 Å². The van der Waals surface area contributed by atoms with E-state index in [2.05, 4.69) is 5.32 Å². The fourth-order valence-electron chi connectivity index (χ4n) is 1.44. The number of rotatable bonds is 7. The molecule has 0 bridgehead atoms. The van der Waals surface area contributed by atoms with Crippen molar-refractivity contribution in [1.29, 1.82) is 0 Å². The van der Waals surface area contributed by atoms with E-state index < -0.39 is 12.3 Å². The second-order valence-electron chi connectivity index (χ2n) is 3.50. The molecule has 0 radical (unpaired) electrons. The van der Waals surface area contributed by atoms with Gasteiger partial charge >= 0.3 is 5.97 Å². The fourth-order valence-corrected chi connectivity index (χ4v) is 1.44. The van der Waals surface area contributed by atoms with Gasteiger partial charge in [0.05, 0.1) is 24.9 Å². The Kier molecular flexibility index (Phi) is 5.41. The van der Waals surface area contributed by atoms with Gasteiger partial charge in [-0.05, 0) is 18.2 Å². The average Bonchev–Trinajstić information content (AvgIpc) is 2.39. The molecular formula is C12H17NO5. The first-order chi connectivity index (χ1) is 8.62. The quantitative estimate of drug-likeness (QED) is 0.718.